The van der Waals surface area contributed by atoms with Gasteiger partial charge in [0.2, 0.25) is 11.8 Å². The van der Waals surface area contributed by atoms with E-state index in [0.29, 0.717) is 11.7 Å². The summed E-state index contributed by atoms with van der Waals surface area (Å²) in [5.74, 6) is -0.311. The first kappa shape index (κ1) is 18.6. The fourth-order valence-electron chi connectivity index (χ4n) is 1.66. The van der Waals surface area contributed by atoms with Crippen molar-refractivity contribution in [3.05, 3.63) is 21.9 Å². The molecule has 0 radical (unpaired) electrons. The summed E-state index contributed by atoms with van der Waals surface area (Å²) in [4.78, 5) is 29.7. The summed E-state index contributed by atoms with van der Waals surface area (Å²) in [5.41, 5.74) is 6.12. The van der Waals surface area contributed by atoms with Crippen LogP contribution in [0.5, 0.6) is 0 Å². The highest BCUT2D eigenvalue weighted by Gasteiger charge is 2.13. The van der Waals surface area contributed by atoms with Gasteiger partial charge in [-0.2, -0.15) is 0 Å². The molecular formula is C13H17ClN4O2S2. The van der Waals surface area contributed by atoms with Gasteiger partial charge < -0.3 is 16.4 Å². The summed E-state index contributed by atoms with van der Waals surface area (Å²) in [7, 11) is 0. The topological polar surface area (TPSA) is 97.1 Å². The molecule has 0 aliphatic heterocycles. The van der Waals surface area contributed by atoms with Crippen LogP contribution in [-0.4, -0.2) is 23.3 Å². The number of rotatable bonds is 5. The molecule has 0 saturated carbocycles. The molecule has 0 spiro atoms. The molecule has 0 unspecified atom stereocenters. The molecule has 2 rings (SSSR count). The Morgan fingerprint density at radius 2 is 2.05 bits per heavy atom. The molecule has 120 valence electrons. The molecule has 4 N–H and O–H groups in total. The van der Waals surface area contributed by atoms with Gasteiger partial charge in [-0.1, -0.05) is 0 Å². The van der Waals surface area contributed by atoms with E-state index in [4.69, 9.17) is 5.73 Å². The molecule has 2 aromatic heterocycles. The second-order valence-corrected chi connectivity index (χ2v) is 6.72. The third kappa shape index (κ3) is 4.77. The van der Waals surface area contributed by atoms with Crippen LogP contribution in [0, 0.1) is 6.92 Å². The number of thiophene rings is 1. The molecular weight excluding hydrogens is 344 g/mol. The first-order valence-corrected chi connectivity index (χ1v) is 7.93. The lowest BCUT2D eigenvalue weighted by Gasteiger charge is -1.97. The summed E-state index contributed by atoms with van der Waals surface area (Å²) in [6.07, 6.45) is 0. The lowest BCUT2D eigenvalue weighted by molar-refractivity contribution is -0.119. The number of amides is 2. The zero-order valence-electron chi connectivity index (χ0n) is 12.1. The van der Waals surface area contributed by atoms with Gasteiger partial charge in [0.25, 0.3) is 0 Å². The molecule has 6 nitrogen and oxygen atoms in total. The molecule has 0 atom stereocenters. The smallest absolute Gasteiger partial charge is 0.239 e. The molecule has 2 heterocycles. The second-order valence-electron chi connectivity index (χ2n) is 4.35. The van der Waals surface area contributed by atoms with Gasteiger partial charge in [-0.05, 0) is 19.1 Å². The predicted octanol–water partition coefficient (Wildman–Crippen LogP) is 2.14. The molecule has 2 aromatic rings. The quantitative estimate of drug-likeness (QED) is 0.760. The van der Waals surface area contributed by atoms with Gasteiger partial charge in [0.15, 0.2) is 5.13 Å². The van der Waals surface area contributed by atoms with Gasteiger partial charge in [-0.15, -0.1) is 35.1 Å². The maximum Gasteiger partial charge on any atom is 0.239 e. The fourth-order valence-corrected chi connectivity index (χ4v) is 3.56. The maximum atomic E-state index is 11.3. The van der Waals surface area contributed by atoms with Crippen molar-refractivity contribution >= 4 is 52.0 Å². The number of nitrogens with zero attached hydrogens (tertiary/aromatic N) is 1. The number of thiazole rings is 1. The van der Waals surface area contributed by atoms with Crippen molar-refractivity contribution in [1.82, 2.24) is 10.3 Å². The summed E-state index contributed by atoms with van der Waals surface area (Å²) in [5, 5.41) is 5.97. The third-order valence-corrected chi connectivity index (χ3v) is 4.61. The number of hydrogen-bond donors (Lipinski definition) is 3. The normalized spacial score (nSPS) is 9.95. The van der Waals surface area contributed by atoms with Crippen molar-refractivity contribution in [2.45, 2.75) is 20.4 Å². The average Bonchev–Trinajstić information content (AvgIpc) is 3.02. The van der Waals surface area contributed by atoms with Gasteiger partial charge >= 0.3 is 0 Å². The average molecular weight is 361 g/mol. The highest BCUT2D eigenvalue weighted by atomic mass is 35.5. The van der Waals surface area contributed by atoms with E-state index in [9.17, 15) is 9.59 Å². The second kappa shape index (κ2) is 8.23. The van der Waals surface area contributed by atoms with Gasteiger partial charge in [-0.3, -0.25) is 9.59 Å². The van der Waals surface area contributed by atoms with Gasteiger partial charge in [0, 0.05) is 16.7 Å². The Morgan fingerprint density at radius 1 is 1.32 bits per heavy atom. The van der Waals surface area contributed by atoms with E-state index in [-0.39, 0.29) is 30.8 Å². The molecule has 22 heavy (non-hydrogen) atoms. The van der Waals surface area contributed by atoms with E-state index in [0.717, 1.165) is 20.3 Å². The molecule has 0 aliphatic rings. The molecule has 0 aromatic carbocycles. The van der Waals surface area contributed by atoms with Crippen molar-refractivity contribution in [1.29, 1.82) is 0 Å². The predicted molar refractivity (Wildman–Crippen MR) is 92.6 cm³/mol. The number of anilines is 1. The number of nitrogens with two attached hydrogens (primary N) is 1. The lowest BCUT2D eigenvalue weighted by atomic mass is 10.3. The van der Waals surface area contributed by atoms with E-state index < -0.39 is 0 Å². The van der Waals surface area contributed by atoms with Crippen LogP contribution in [0.2, 0.25) is 0 Å². The highest BCUT2D eigenvalue weighted by Crippen LogP contribution is 2.34. The number of halogens is 1. The first-order valence-electron chi connectivity index (χ1n) is 6.30. The summed E-state index contributed by atoms with van der Waals surface area (Å²) < 4.78 is 0. The molecule has 2 amide bonds. The van der Waals surface area contributed by atoms with E-state index in [2.05, 4.69) is 15.6 Å². The van der Waals surface area contributed by atoms with Crippen LogP contribution in [0.25, 0.3) is 10.6 Å². The summed E-state index contributed by atoms with van der Waals surface area (Å²) in [6.45, 7) is 3.90. The van der Waals surface area contributed by atoms with Crippen molar-refractivity contribution in [3.63, 3.8) is 0 Å². The lowest BCUT2D eigenvalue weighted by Crippen LogP contribution is -2.21. The monoisotopic (exact) mass is 360 g/mol. The zero-order valence-corrected chi connectivity index (χ0v) is 14.6. The van der Waals surface area contributed by atoms with Crippen LogP contribution < -0.4 is 16.4 Å². The van der Waals surface area contributed by atoms with E-state index in [1.54, 1.807) is 11.3 Å². The van der Waals surface area contributed by atoms with E-state index in [1.165, 1.54) is 18.3 Å². The van der Waals surface area contributed by atoms with Crippen molar-refractivity contribution in [2.24, 2.45) is 5.73 Å². The number of nitrogens with one attached hydrogen (secondary N) is 2. The van der Waals surface area contributed by atoms with Crippen LogP contribution in [-0.2, 0) is 16.1 Å². The Labute approximate surface area is 142 Å². The number of aromatic nitrogens is 1. The zero-order chi connectivity index (χ0) is 15.4. The van der Waals surface area contributed by atoms with Gasteiger partial charge in [0.1, 0.15) is 0 Å². The Balaban J connectivity index is 0.00000242. The number of carbonyl (C=O) groups excluding carboxylic acids is 2. The first-order chi connectivity index (χ1) is 9.99. The minimum atomic E-state index is -0.257. The Morgan fingerprint density at radius 3 is 2.68 bits per heavy atom. The fraction of sp³-hybridized carbons (Fsp3) is 0.308. The molecule has 0 saturated heterocycles. The Hall–Kier alpha value is -1.48. The van der Waals surface area contributed by atoms with Crippen molar-refractivity contribution < 1.29 is 9.59 Å². The Bertz CT molecular complexity index is 669. The minimum absolute atomic E-state index is 0. The van der Waals surface area contributed by atoms with E-state index >= 15 is 0 Å². The Kier molecular flexibility index (Phi) is 6.95. The van der Waals surface area contributed by atoms with Crippen LogP contribution in [0.1, 0.15) is 16.7 Å². The third-order valence-electron chi connectivity index (χ3n) is 2.63. The molecule has 0 bridgehead atoms. The highest BCUT2D eigenvalue weighted by molar-refractivity contribution is 7.18. The summed E-state index contributed by atoms with van der Waals surface area (Å²) >= 11 is 2.99. The van der Waals surface area contributed by atoms with Crippen molar-refractivity contribution in [2.75, 3.05) is 11.9 Å². The largest absolute Gasteiger partial charge is 0.351 e. The van der Waals surface area contributed by atoms with Crippen LogP contribution in [0.3, 0.4) is 0 Å². The van der Waals surface area contributed by atoms with Crippen molar-refractivity contribution in [3.8, 4) is 10.6 Å². The maximum absolute atomic E-state index is 11.3. The van der Waals surface area contributed by atoms with Gasteiger partial charge in [0.05, 0.1) is 23.7 Å². The van der Waals surface area contributed by atoms with E-state index in [1.807, 2.05) is 19.1 Å². The van der Waals surface area contributed by atoms with Crippen LogP contribution in [0.4, 0.5) is 5.13 Å². The molecule has 9 heteroatoms. The number of hydrogen-bond acceptors (Lipinski definition) is 6. The standard InChI is InChI=1S/C13H16N4O2S2.ClH/c1-7-12(17-13(20-7)16-11(19)5-14)10-4-3-9(21-10)6-15-8(2)18;/h3-4H,5-6,14H2,1-2H3,(H,15,18)(H,16,17,19);1H. The SMILES string of the molecule is CC(=O)NCc1ccc(-c2nc(NC(=O)CN)sc2C)s1.Cl. The number of carbonyl (C=O) groups is 2. The minimum Gasteiger partial charge on any atom is -0.351 e. The van der Waals surface area contributed by atoms with Gasteiger partial charge in [-0.25, -0.2) is 4.98 Å². The summed E-state index contributed by atoms with van der Waals surface area (Å²) in [6, 6.07) is 3.94. The molecule has 0 aliphatic carbocycles. The number of aryl methyl sites for hydroxylation is 1. The van der Waals surface area contributed by atoms with Crippen LogP contribution in [0.15, 0.2) is 12.1 Å². The van der Waals surface area contributed by atoms with Crippen LogP contribution >= 0.6 is 35.1 Å². The molecule has 0 fully saturated rings.